The third kappa shape index (κ3) is 5.07. The Morgan fingerprint density at radius 3 is 1.86 bits per heavy atom. The molecule has 0 saturated heterocycles. The molecule has 0 bridgehead atoms. The minimum atomic E-state index is -2.42. The zero-order valence-corrected chi connectivity index (χ0v) is 11.2. The van der Waals surface area contributed by atoms with Crippen LogP contribution in [0.1, 0.15) is 20.8 Å². The fourth-order valence-corrected chi connectivity index (χ4v) is 3.15. The van der Waals surface area contributed by atoms with E-state index in [9.17, 15) is 0 Å². The van der Waals surface area contributed by atoms with Gasteiger partial charge in [0.15, 0.2) is 0 Å². The summed E-state index contributed by atoms with van der Waals surface area (Å²) in [5.74, 6) is 0. The van der Waals surface area contributed by atoms with E-state index >= 15 is 0 Å². The molecular weight excluding hydrogens is 198 g/mol. The minimum Gasteiger partial charge on any atom is -0.374 e. The smallest absolute Gasteiger partial charge is 0.374 e. The van der Waals surface area contributed by atoms with Crippen molar-refractivity contribution in [3.05, 3.63) is 0 Å². The first kappa shape index (κ1) is 14.1. The zero-order valence-electron chi connectivity index (χ0n) is 10.2. The zero-order chi connectivity index (χ0) is 11.2. The molecule has 1 atom stereocenters. The van der Waals surface area contributed by atoms with Gasteiger partial charge in [-0.05, 0) is 34.9 Å². The minimum absolute atomic E-state index is 0.0183. The Morgan fingerprint density at radius 1 is 1.14 bits per heavy atom. The van der Waals surface area contributed by atoms with Crippen LogP contribution in [0.5, 0.6) is 0 Å². The van der Waals surface area contributed by atoms with Gasteiger partial charge < -0.3 is 13.3 Å². The van der Waals surface area contributed by atoms with E-state index in [1.54, 1.807) is 0 Å². The predicted octanol–water partition coefficient (Wildman–Crippen LogP) is 1.55. The third-order valence-electron chi connectivity index (χ3n) is 1.92. The second-order valence-corrected chi connectivity index (χ2v) is 5.95. The molecule has 0 N–H and O–H groups in total. The molecule has 0 aromatic carbocycles. The maximum Gasteiger partial charge on any atom is 0.498 e. The van der Waals surface area contributed by atoms with E-state index in [0.29, 0.717) is 13.2 Å². The van der Waals surface area contributed by atoms with Crippen LogP contribution in [-0.4, -0.2) is 47.2 Å². The predicted molar refractivity (Wildman–Crippen MR) is 59.1 cm³/mol. The van der Waals surface area contributed by atoms with Gasteiger partial charge in [0.05, 0.1) is 0 Å². The lowest BCUT2D eigenvalue weighted by molar-refractivity contribution is -0.0104. The van der Waals surface area contributed by atoms with Crippen molar-refractivity contribution in [2.45, 2.75) is 33.5 Å². The highest BCUT2D eigenvalue weighted by molar-refractivity contribution is 6.59. The van der Waals surface area contributed by atoms with Crippen molar-refractivity contribution in [1.82, 2.24) is 4.90 Å². The summed E-state index contributed by atoms with van der Waals surface area (Å²) in [6.45, 7) is 9.08. The van der Waals surface area contributed by atoms with Gasteiger partial charge in [-0.15, -0.1) is 0 Å². The summed E-state index contributed by atoms with van der Waals surface area (Å²) in [5, 5.41) is 0. The second-order valence-electron chi connectivity index (χ2n) is 3.41. The first-order valence-electron chi connectivity index (χ1n) is 5.07. The molecule has 0 radical (unpaired) electrons. The number of hydrogen-bond acceptors (Lipinski definition) is 4. The van der Waals surface area contributed by atoms with Gasteiger partial charge in [0.1, 0.15) is 6.23 Å². The summed E-state index contributed by atoms with van der Waals surface area (Å²) in [6, 6.07) is 0. The standard InChI is InChI=1S/C9H23NO3Si/c1-7-11-14(6,12-8-2)13-9(3)10(4)5/h9H,7-8H2,1-6H3. The molecular formula is C9H23NO3Si. The highest BCUT2D eigenvalue weighted by Crippen LogP contribution is 2.12. The van der Waals surface area contributed by atoms with E-state index in [2.05, 4.69) is 0 Å². The molecule has 0 amide bonds. The van der Waals surface area contributed by atoms with Crippen molar-refractivity contribution in [2.75, 3.05) is 27.3 Å². The number of rotatable bonds is 7. The van der Waals surface area contributed by atoms with Gasteiger partial charge in [-0.1, -0.05) is 0 Å². The summed E-state index contributed by atoms with van der Waals surface area (Å²) in [7, 11) is 1.52. The lowest BCUT2D eigenvalue weighted by Crippen LogP contribution is -2.48. The Balaban J connectivity index is 4.20. The topological polar surface area (TPSA) is 30.9 Å². The van der Waals surface area contributed by atoms with Crippen LogP contribution in [0.4, 0.5) is 0 Å². The Bertz CT molecular complexity index is 149. The van der Waals surface area contributed by atoms with Crippen LogP contribution >= 0.6 is 0 Å². The van der Waals surface area contributed by atoms with E-state index in [1.807, 2.05) is 46.3 Å². The van der Waals surface area contributed by atoms with E-state index in [0.717, 1.165) is 0 Å². The van der Waals surface area contributed by atoms with E-state index in [1.165, 1.54) is 0 Å². The van der Waals surface area contributed by atoms with Gasteiger partial charge in [-0.25, -0.2) is 0 Å². The molecule has 0 aliphatic rings. The maximum atomic E-state index is 5.80. The van der Waals surface area contributed by atoms with Crippen LogP contribution in [0, 0.1) is 0 Å². The highest BCUT2D eigenvalue weighted by atomic mass is 28.4. The van der Waals surface area contributed by atoms with Crippen molar-refractivity contribution in [2.24, 2.45) is 0 Å². The van der Waals surface area contributed by atoms with Crippen LogP contribution in [-0.2, 0) is 13.3 Å². The second kappa shape index (κ2) is 6.52. The Morgan fingerprint density at radius 2 is 1.57 bits per heavy atom. The van der Waals surface area contributed by atoms with Crippen LogP contribution < -0.4 is 0 Å². The van der Waals surface area contributed by atoms with Gasteiger partial charge in [-0.3, -0.25) is 4.90 Å². The summed E-state index contributed by atoms with van der Waals surface area (Å²) in [4.78, 5) is 1.99. The van der Waals surface area contributed by atoms with Crippen LogP contribution in [0.15, 0.2) is 0 Å². The average molecular weight is 221 g/mol. The molecule has 0 aliphatic heterocycles. The quantitative estimate of drug-likeness (QED) is 0.482. The van der Waals surface area contributed by atoms with Crippen molar-refractivity contribution in [1.29, 1.82) is 0 Å². The highest BCUT2D eigenvalue weighted by Gasteiger charge is 2.36. The third-order valence-corrected chi connectivity index (χ3v) is 4.32. The van der Waals surface area contributed by atoms with Gasteiger partial charge in [0.25, 0.3) is 0 Å². The molecule has 5 heteroatoms. The summed E-state index contributed by atoms with van der Waals surface area (Å²) >= 11 is 0. The molecule has 0 aliphatic carbocycles. The van der Waals surface area contributed by atoms with Crippen molar-refractivity contribution < 1.29 is 13.3 Å². The SMILES string of the molecule is CCO[Si](C)(OCC)OC(C)N(C)C. The Hall–Kier alpha value is 0.0569. The first-order valence-corrected chi connectivity index (χ1v) is 7.29. The molecule has 0 aromatic rings. The van der Waals surface area contributed by atoms with E-state index in [4.69, 9.17) is 13.3 Å². The largest absolute Gasteiger partial charge is 0.498 e. The van der Waals surface area contributed by atoms with Crippen molar-refractivity contribution in [3.63, 3.8) is 0 Å². The van der Waals surface area contributed by atoms with Gasteiger partial charge in [0.2, 0.25) is 0 Å². The fraction of sp³-hybridized carbons (Fsp3) is 1.00. The monoisotopic (exact) mass is 221 g/mol. The molecule has 1 unspecified atom stereocenters. The molecule has 0 heterocycles. The molecule has 0 aromatic heterocycles. The van der Waals surface area contributed by atoms with Gasteiger partial charge in [0, 0.05) is 19.8 Å². The Labute approximate surface area is 88.5 Å². The summed E-state index contributed by atoms with van der Waals surface area (Å²) < 4.78 is 16.9. The average Bonchev–Trinajstić information content (AvgIpc) is 2.04. The van der Waals surface area contributed by atoms with Crippen molar-refractivity contribution in [3.8, 4) is 0 Å². The molecule has 0 rings (SSSR count). The number of hydrogen-bond donors (Lipinski definition) is 0. The molecule has 86 valence electrons. The number of nitrogens with zero attached hydrogens (tertiary/aromatic N) is 1. The lowest BCUT2D eigenvalue weighted by atomic mass is 10.6. The Kier molecular flexibility index (Phi) is 6.55. The van der Waals surface area contributed by atoms with Crippen LogP contribution in [0.3, 0.4) is 0 Å². The molecule has 14 heavy (non-hydrogen) atoms. The maximum absolute atomic E-state index is 5.80. The van der Waals surface area contributed by atoms with E-state index < -0.39 is 8.80 Å². The fourth-order valence-electron chi connectivity index (χ4n) is 1.05. The van der Waals surface area contributed by atoms with Gasteiger partial charge >= 0.3 is 8.80 Å². The van der Waals surface area contributed by atoms with E-state index in [-0.39, 0.29) is 6.23 Å². The van der Waals surface area contributed by atoms with Crippen LogP contribution in [0.25, 0.3) is 0 Å². The molecule has 4 nitrogen and oxygen atoms in total. The lowest BCUT2D eigenvalue weighted by Gasteiger charge is -2.31. The molecule has 0 saturated carbocycles. The summed E-state index contributed by atoms with van der Waals surface area (Å²) in [6.07, 6.45) is 0.0183. The van der Waals surface area contributed by atoms with Gasteiger partial charge in [-0.2, -0.15) is 0 Å². The normalized spacial score (nSPS) is 14.8. The first-order chi connectivity index (χ1) is 6.45. The van der Waals surface area contributed by atoms with Crippen molar-refractivity contribution >= 4 is 8.80 Å². The molecule has 0 spiro atoms. The molecule has 0 fully saturated rings. The van der Waals surface area contributed by atoms with Crippen LogP contribution in [0.2, 0.25) is 6.55 Å². The summed E-state index contributed by atoms with van der Waals surface area (Å²) in [5.41, 5.74) is 0.